The highest BCUT2D eigenvalue weighted by Crippen LogP contribution is 2.15. The second-order valence-corrected chi connectivity index (χ2v) is 5.92. The number of nitrogens with one attached hydrogen (secondary N) is 2. The summed E-state index contributed by atoms with van der Waals surface area (Å²) in [5, 5.41) is 9.60. The molecule has 1 aliphatic rings. The number of piperidine rings is 1. The van der Waals surface area contributed by atoms with Gasteiger partial charge in [-0.1, -0.05) is 18.6 Å². The molecular formula is C17H22N4O. The summed E-state index contributed by atoms with van der Waals surface area (Å²) in [4.78, 5) is 14.5. The Bertz CT molecular complexity index is 626. The van der Waals surface area contributed by atoms with E-state index in [2.05, 4.69) is 32.5 Å². The van der Waals surface area contributed by atoms with Gasteiger partial charge in [-0.2, -0.15) is 5.10 Å². The van der Waals surface area contributed by atoms with Crippen molar-refractivity contribution in [2.45, 2.75) is 32.7 Å². The van der Waals surface area contributed by atoms with Gasteiger partial charge >= 0.3 is 0 Å². The van der Waals surface area contributed by atoms with Gasteiger partial charge in [0.05, 0.1) is 0 Å². The number of hydrogen-bond acceptors (Lipinski definition) is 3. The van der Waals surface area contributed by atoms with E-state index in [1.165, 1.54) is 37.9 Å². The first-order chi connectivity index (χ1) is 10.7. The second-order valence-electron chi connectivity index (χ2n) is 5.92. The SMILES string of the molecule is Cc1cc(C(=O)Nc2ccc(CN3CCCCC3)cc2)n[nH]1. The molecular weight excluding hydrogens is 276 g/mol. The first kappa shape index (κ1) is 14.8. The van der Waals surface area contributed by atoms with Gasteiger partial charge in [-0.3, -0.25) is 14.8 Å². The quantitative estimate of drug-likeness (QED) is 0.912. The molecule has 3 rings (SSSR count). The zero-order valence-corrected chi connectivity index (χ0v) is 12.9. The lowest BCUT2D eigenvalue weighted by Gasteiger charge is -2.26. The molecule has 5 heteroatoms. The van der Waals surface area contributed by atoms with Crippen LogP contribution in [0.5, 0.6) is 0 Å². The minimum absolute atomic E-state index is 0.187. The number of carbonyl (C=O) groups is 1. The molecule has 1 aromatic heterocycles. The largest absolute Gasteiger partial charge is 0.321 e. The van der Waals surface area contributed by atoms with Gasteiger partial charge in [0.15, 0.2) is 5.69 Å². The number of anilines is 1. The molecule has 1 saturated heterocycles. The highest BCUT2D eigenvalue weighted by atomic mass is 16.1. The van der Waals surface area contributed by atoms with Crippen molar-refractivity contribution in [3.05, 3.63) is 47.3 Å². The van der Waals surface area contributed by atoms with Gasteiger partial charge < -0.3 is 5.32 Å². The number of aromatic nitrogens is 2. The summed E-state index contributed by atoms with van der Waals surface area (Å²) in [5.74, 6) is -0.187. The molecule has 0 unspecified atom stereocenters. The van der Waals surface area contributed by atoms with Gasteiger partial charge in [-0.15, -0.1) is 0 Å². The monoisotopic (exact) mass is 298 g/mol. The van der Waals surface area contributed by atoms with Crippen LogP contribution in [0.15, 0.2) is 30.3 Å². The van der Waals surface area contributed by atoms with Crippen LogP contribution in [0, 0.1) is 6.92 Å². The fourth-order valence-electron chi connectivity index (χ4n) is 2.80. The van der Waals surface area contributed by atoms with Crippen LogP contribution >= 0.6 is 0 Å². The summed E-state index contributed by atoms with van der Waals surface area (Å²) in [6, 6.07) is 9.81. The predicted molar refractivity (Wildman–Crippen MR) is 86.8 cm³/mol. The summed E-state index contributed by atoms with van der Waals surface area (Å²) in [6.07, 6.45) is 3.96. The number of likely N-dealkylation sites (tertiary alicyclic amines) is 1. The smallest absolute Gasteiger partial charge is 0.276 e. The van der Waals surface area contributed by atoms with Crippen LogP contribution in [-0.2, 0) is 6.54 Å². The highest BCUT2D eigenvalue weighted by Gasteiger charge is 2.11. The normalized spacial score (nSPS) is 15.7. The summed E-state index contributed by atoms with van der Waals surface area (Å²) in [6.45, 7) is 5.25. The van der Waals surface area contributed by atoms with E-state index in [0.717, 1.165) is 17.9 Å². The van der Waals surface area contributed by atoms with Crippen LogP contribution in [0.2, 0.25) is 0 Å². The highest BCUT2D eigenvalue weighted by molar-refractivity contribution is 6.02. The molecule has 0 radical (unpaired) electrons. The van der Waals surface area contributed by atoms with Crippen molar-refractivity contribution in [2.75, 3.05) is 18.4 Å². The van der Waals surface area contributed by atoms with Crippen LogP contribution in [0.4, 0.5) is 5.69 Å². The Balaban J connectivity index is 1.58. The minimum Gasteiger partial charge on any atom is -0.321 e. The van der Waals surface area contributed by atoms with Gasteiger partial charge in [0.1, 0.15) is 0 Å². The maximum Gasteiger partial charge on any atom is 0.276 e. The number of hydrogen-bond donors (Lipinski definition) is 2. The molecule has 0 spiro atoms. The number of carbonyl (C=O) groups excluding carboxylic acids is 1. The van der Waals surface area contributed by atoms with Crippen LogP contribution in [0.1, 0.15) is 41.0 Å². The third kappa shape index (κ3) is 3.74. The summed E-state index contributed by atoms with van der Waals surface area (Å²) >= 11 is 0. The number of rotatable bonds is 4. The standard InChI is InChI=1S/C17H22N4O/c1-13-11-16(20-19-13)17(22)18-15-7-5-14(6-8-15)12-21-9-3-2-4-10-21/h5-8,11H,2-4,9-10,12H2,1H3,(H,18,22)(H,19,20). The number of nitrogens with zero attached hydrogens (tertiary/aromatic N) is 2. The number of aromatic amines is 1. The molecule has 2 N–H and O–H groups in total. The fourth-order valence-corrected chi connectivity index (χ4v) is 2.80. The number of benzene rings is 1. The van der Waals surface area contributed by atoms with Gasteiger partial charge in [-0.05, 0) is 56.6 Å². The molecule has 1 fully saturated rings. The Kier molecular flexibility index (Phi) is 4.53. The number of H-pyrrole nitrogens is 1. The van der Waals surface area contributed by atoms with Crippen molar-refractivity contribution in [3.63, 3.8) is 0 Å². The lowest BCUT2D eigenvalue weighted by atomic mass is 10.1. The van der Waals surface area contributed by atoms with Crippen LogP contribution in [-0.4, -0.2) is 34.1 Å². The predicted octanol–water partition coefficient (Wildman–Crippen LogP) is 2.96. The van der Waals surface area contributed by atoms with Crippen molar-refractivity contribution in [2.24, 2.45) is 0 Å². The molecule has 1 amide bonds. The zero-order valence-electron chi connectivity index (χ0n) is 12.9. The average Bonchev–Trinajstić information content (AvgIpc) is 2.97. The Labute approximate surface area is 130 Å². The molecule has 0 saturated carbocycles. The Morgan fingerprint density at radius 2 is 1.95 bits per heavy atom. The summed E-state index contributed by atoms with van der Waals surface area (Å²) in [7, 11) is 0. The average molecular weight is 298 g/mol. The van der Waals surface area contributed by atoms with Crippen LogP contribution in [0.25, 0.3) is 0 Å². The molecule has 0 atom stereocenters. The maximum atomic E-state index is 12.0. The van der Waals surface area contributed by atoms with Gasteiger partial charge in [0, 0.05) is 17.9 Å². The van der Waals surface area contributed by atoms with Crippen molar-refractivity contribution in [1.82, 2.24) is 15.1 Å². The fraction of sp³-hybridized carbons (Fsp3) is 0.412. The van der Waals surface area contributed by atoms with E-state index in [9.17, 15) is 4.79 Å². The van der Waals surface area contributed by atoms with Crippen molar-refractivity contribution in [1.29, 1.82) is 0 Å². The molecule has 1 aromatic carbocycles. The first-order valence-electron chi connectivity index (χ1n) is 7.85. The summed E-state index contributed by atoms with van der Waals surface area (Å²) in [5.41, 5.74) is 3.38. The molecule has 5 nitrogen and oxygen atoms in total. The van der Waals surface area contributed by atoms with Crippen molar-refractivity contribution >= 4 is 11.6 Å². The van der Waals surface area contributed by atoms with Crippen LogP contribution < -0.4 is 5.32 Å². The van der Waals surface area contributed by atoms with E-state index in [1.54, 1.807) is 6.07 Å². The Morgan fingerprint density at radius 1 is 1.23 bits per heavy atom. The molecule has 2 heterocycles. The molecule has 1 aliphatic heterocycles. The third-order valence-electron chi connectivity index (χ3n) is 4.01. The van der Waals surface area contributed by atoms with E-state index < -0.39 is 0 Å². The van der Waals surface area contributed by atoms with E-state index in [-0.39, 0.29) is 5.91 Å². The van der Waals surface area contributed by atoms with Gasteiger partial charge in [0.2, 0.25) is 0 Å². The van der Waals surface area contributed by atoms with Crippen LogP contribution in [0.3, 0.4) is 0 Å². The van der Waals surface area contributed by atoms with E-state index in [4.69, 9.17) is 0 Å². The zero-order chi connectivity index (χ0) is 15.4. The number of aryl methyl sites for hydroxylation is 1. The first-order valence-corrected chi connectivity index (χ1v) is 7.85. The topological polar surface area (TPSA) is 61.0 Å². The van der Waals surface area contributed by atoms with Crippen molar-refractivity contribution < 1.29 is 4.79 Å². The Morgan fingerprint density at radius 3 is 2.59 bits per heavy atom. The maximum absolute atomic E-state index is 12.0. The second kappa shape index (κ2) is 6.75. The lowest BCUT2D eigenvalue weighted by Crippen LogP contribution is -2.29. The third-order valence-corrected chi connectivity index (χ3v) is 4.01. The molecule has 2 aromatic rings. The van der Waals surface area contributed by atoms with E-state index in [1.807, 2.05) is 19.1 Å². The van der Waals surface area contributed by atoms with Crippen molar-refractivity contribution in [3.8, 4) is 0 Å². The molecule has 0 aliphatic carbocycles. The lowest BCUT2D eigenvalue weighted by molar-refractivity contribution is 0.102. The van der Waals surface area contributed by atoms with E-state index >= 15 is 0 Å². The van der Waals surface area contributed by atoms with E-state index in [0.29, 0.717) is 5.69 Å². The Hall–Kier alpha value is -2.14. The minimum atomic E-state index is -0.187. The summed E-state index contributed by atoms with van der Waals surface area (Å²) < 4.78 is 0. The van der Waals surface area contributed by atoms with Gasteiger partial charge in [0.25, 0.3) is 5.91 Å². The molecule has 22 heavy (non-hydrogen) atoms. The molecule has 116 valence electrons. The number of amides is 1. The molecule has 0 bridgehead atoms. The van der Waals surface area contributed by atoms with Gasteiger partial charge in [-0.25, -0.2) is 0 Å².